The molecule has 2 unspecified atom stereocenters. The van der Waals surface area contributed by atoms with Crippen LogP contribution in [0.25, 0.3) is 0 Å². The maximum atomic E-state index is 11.1. The maximum absolute atomic E-state index is 11.1. The van der Waals surface area contributed by atoms with Gasteiger partial charge in [-0.25, -0.2) is 8.42 Å². The van der Waals surface area contributed by atoms with Crippen molar-refractivity contribution in [3.05, 3.63) is 0 Å². The molecule has 0 aromatic heterocycles. The number of aliphatic hydroxyl groups is 1. The quantitative estimate of drug-likeness (QED) is 0.332. The Morgan fingerprint density at radius 2 is 1.56 bits per heavy atom. The molecule has 0 saturated heterocycles. The van der Waals surface area contributed by atoms with Crippen molar-refractivity contribution >= 4 is 10.1 Å². The zero-order valence-electron chi connectivity index (χ0n) is 11.9. The third-order valence-corrected chi connectivity index (χ3v) is 4.29. The van der Waals surface area contributed by atoms with E-state index in [9.17, 15) is 18.1 Å². The number of rotatable bonds is 10. The Morgan fingerprint density at radius 3 is 2.00 bits per heavy atom. The summed E-state index contributed by atoms with van der Waals surface area (Å²) < 4.78 is 33.2. The van der Waals surface area contributed by atoms with Gasteiger partial charge in [-0.2, -0.15) is 0 Å². The van der Waals surface area contributed by atoms with Crippen molar-refractivity contribution in [2.75, 3.05) is 0 Å². The van der Waals surface area contributed by atoms with Gasteiger partial charge in [-0.3, -0.25) is 0 Å². The first kappa shape index (κ1) is 21.2. The smallest absolute Gasteiger partial charge is 0.748 e. The van der Waals surface area contributed by atoms with Gasteiger partial charge in [-0.05, 0) is 12.8 Å². The Morgan fingerprint density at radius 1 is 1.00 bits per heavy atom. The van der Waals surface area contributed by atoms with Gasteiger partial charge in [0.15, 0.2) is 0 Å². The summed E-state index contributed by atoms with van der Waals surface area (Å²) in [5.74, 6) is 0. The zero-order valence-corrected chi connectivity index (χ0v) is 14.7. The summed E-state index contributed by atoms with van der Waals surface area (Å²) in [6, 6.07) is 0. The molecule has 0 aromatic carbocycles. The SMILES string of the molecule is CCCCCCC(O)C(CCCC)S(=O)(=O)[O-].[Na+]. The second-order valence-electron chi connectivity index (χ2n) is 4.59. The third kappa shape index (κ3) is 9.75. The predicted molar refractivity (Wildman–Crippen MR) is 67.8 cm³/mol. The minimum atomic E-state index is -4.38. The fourth-order valence-electron chi connectivity index (χ4n) is 1.90. The van der Waals surface area contributed by atoms with Crippen LogP contribution in [-0.4, -0.2) is 29.4 Å². The second kappa shape index (κ2) is 11.7. The summed E-state index contributed by atoms with van der Waals surface area (Å²) in [6.07, 6.45) is 5.12. The Bertz CT molecular complexity index is 280. The first-order valence-electron chi connectivity index (χ1n) is 6.56. The average molecular weight is 288 g/mol. The number of aliphatic hydroxyl groups excluding tert-OH is 1. The minimum absolute atomic E-state index is 0. The molecular formula is C12H25NaO4S. The summed E-state index contributed by atoms with van der Waals surface area (Å²) in [5.41, 5.74) is 0. The van der Waals surface area contributed by atoms with Crippen LogP contribution in [0.15, 0.2) is 0 Å². The molecule has 6 heteroatoms. The summed E-state index contributed by atoms with van der Waals surface area (Å²) in [7, 11) is -4.38. The Kier molecular flexibility index (Phi) is 13.7. The van der Waals surface area contributed by atoms with Crippen molar-refractivity contribution < 1.29 is 47.6 Å². The van der Waals surface area contributed by atoms with Crippen molar-refractivity contribution in [3.63, 3.8) is 0 Å². The molecule has 0 amide bonds. The molecular weight excluding hydrogens is 263 g/mol. The summed E-state index contributed by atoms with van der Waals surface area (Å²) in [5, 5.41) is 8.67. The Labute approximate surface area is 134 Å². The number of hydrogen-bond acceptors (Lipinski definition) is 4. The first-order valence-corrected chi connectivity index (χ1v) is 8.03. The van der Waals surface area contributed by atoms with Gasteiger partial charge in [0.2, 0.25) is 0 Å². The van der Waals surface area contributed by atoms with Gasteiger partial charge in [0.05, 0.1) is 11.4 Å². The van der Waals surface area contributed by atoms with E-state index in [4.69, 9.17) is 0 Å². The van der Waals surface area contributed by atoms with E-state index in [0.29, 0.717) is 12.8 Å². The molecule has 0 bridgehead atoms. The number of hydrogen-bond donors (Lipinski definition) is 1. The topological polar surface area (TPSA) is 77.4 Å². The van der Waals surface area contributed by atoms with Crippen LogP contribution < -0.4 is 29.6 Å². The van der Waals surface area contributed by atoms with Gasteiger partial charge in [-0.1, -0.05) is 52.4 Å². The molecule has 2 atom stereocenters. The molecule has 0 saturated carbocycles. The van der Waals surface area contributed by atoms with Gasteiger partial charge in [0, 0.05) is 0 Å². The molecule has 0 aliphatic heterocycles. The van der Waals surface area contributed by atoms with Crippen LogP contribution in [0.2, 0.25) is 0 Å². The van der Waals surface area contributed by atoms with Crippen LogP contribution in [0, 0.1) is 0 Å². The van der Waals surface area contributed by atoms with E-state index in [1.54, 1.807) is 0 Å². The van der Waals surface area contributed by atoms with Crippen LogP contribution in [0.1, 0.15) is 65.2 Å². The number of unbranched alkanes of at least 4 members (excludes halogenated alkanes) is 4. The van der Waals surface area contributed by atoms with Crippen molar-refractivity contribution in [1.29, 1.82) is 0 Å². The van der Waals surface area contributed by atoms with Crippen LogP contribution >= 0.6 is 0 Å². The fourth-order valence-corrected chi connectivity index (χ4v) is 2.88. The van der Waals surface area contributed by atoms with E-state index in [-0.39, 0.29) is 36.0 Å². The van der Waals surface area contributed by atoms with Gasteiger partial charge in [0.25, 0.3) is 0 Å². The predicted octanol–water partition coefficient (Wildman–Crippen LogP) is -0.574. The van der Waals surface area contributed by atoms with Crippen molar-refractivity contribution in [2.24, 2.45) is 0 Å². The molecule has 104 valence electrons. The van der Waals surface area contributed by atoms with Gasteiger partial charge in [0.1, 0.15) is 10.1 Å². The monoisotopic (exact) mass is 288 g/mol. The molecule has 0 rings (SSSR count). The zero-order chi connectivity index (χ0) is 13.3. The van der Waals surface area contributed by atoms with Crippen LogP contribution in [0.4, 0.5) is 0 Å². The second-order valence-corrected chi connectivity index (χ2v) is 6.18. The van der Waals surface area contributed by atoms with Gasteiger partial charge < -0.3 is 9.66 Å². The molecule has 0 aliphatic carbocycles. The van der Waals surface area contributed by atoms with Gasteiger partial charge >= 0.3 is 29.6 Å². The van der Waals surface area contributed by atoms with Gasteiger partial charge in [-0.15, -0.1) is 0 Å². The van der Waals surface area contributed by atoms with E-state index in [1.165, 1.54) is 0 Å². The molecule has 18 heavy (non-hydrogen) atoms. The van der Waals surface area contributed by atoms with Crippen LogP contribution in [-0.2, 0) is 10.1 Å². The molecule has 0 aromatic rings. The van der Waals surface area contributed by atoms with E-state index in [1.807, 2.05) is 6.92 Å². The molecule has 1 N–H and O–H groups in total. The van der Waals surface area contributed by atoms with E-state index in [2.05, 4.69) is 6.92 Å². The molecule has 0 radical (unpaired) electrons. The fraction of sp³-hybridized carbons (Fsp3) is 1.00. The largest absolute Gasteiger partial charge is 1.00 e. The molecule has 0 aliphatic rings. The summed E-state index contributed by atoms with van der Waals surface area (Å²) >= 11 is 0. The van der Waals surface area contributed by atoms with Crippen molar-refractivity contribution in [3.8, 4) is 0 Å². The van der Waals surface area contributed by atoms with E-state index >= 15 is 0 Å². The summed E-state index contributed by atoms with van der Waals surface area (Å²) in [6.45, 7) is 4.02. The average Bonchev–Trinajstić information content (AvgIpc) is 2.23. The standard InChI is InChI=1S/C12H26O4S.Na/c1-3-5-7-8-9-11(13)12(10-6-4-2)17(14,15)16;/h11-13H,3-10H2,1-2H3,(H,14,15,16);/q;+1/p-1. The van der Waals surface area contributed by atoms with Crippen LogP contribution in [0.3, 0.4) is 0 Å². The Balaban J connectivity index is 0. The van der Waals surface area contributed by atoms with Crippen LogP contribution in [0.5, 0.6) is 0 Å². The van der Waals surface area contributed by atoms with Crippen molar-refractivity contribution in [1.82, 2.24) is 0 Å². The molecule has 0 fully saturated rings. The Hall–Kier alpha value is 0.870. The molecule has 0 spiro atoms. The van der Waals surface area contributed by atoms with E-state index in [0.717, 1.165) is 32.1 Å². The summed E-state index contributed by atoms with van der Waals surface area (Å²) in [4.78, 5) is 0. The van der Waals surface area contributed by atoms with Crippen molar-refractivity contribution in [2.45, 2.75) is 76.6 Å². The first-order chi connectivity index (χ1) is 7.93. The maximum Gasteiger partial charge on any atom is 1.00 e. The third-order valence-electron chi connectivity index (χ3n) is 3.00. The minimum Gasteiger partial charge on any atom is -0.748 e. The molecule has 4 nitrogen and oxygen atoms in total. The normalized spacial score (nSPS) is 14.9. The molecule has 0 heterocycles. The van der Waals surface area contributed by atoms with E-state index < -0.39 is 21.5 Å².